The zero-order chi connectivity index (χ0) is 12.4. The van der Waals surface area contributed by atoms with Crippen LogP contribution in [-0.2, 0) is 9.47 Å². The number of non-ortho nitro benzene ring substituents is 1. The van der Waals surface area contributed by atoms with Gasteiger partial charge in [-0.1, -0.05) is 0 Å². The quantitative estimate of drug-likeness (QED) is 0.343. The number of esters is 1. The van der Waals surface area contributed by atoms with Crippen LogP contribution in [0.2, 0.25) is 0 Å². The third kappa shape index (κ3) is 2.79. The maximum absolute atomic E-state index is 11.5. The fourth-order valence-electron chi connectivity index (χ4n) is 1.37. The lowest BCUT2D eigenvalue weighted by Gasteiger charge is -2.02. The van der Waals surface area contributed by atoms with Crippen molar-refractivity contribution in [1.29, 1.82) is 0 Å². The van der Waals surface area contributed by atoms with E-state index < -0.39 is 10.9 Å². The highest BCUT2D eigenvalue weighted by Gasteiger charge is 2.35. The largest absolute Gasteiger partial charge is 0.459 e. The molecule has 2 rings (SSSR count). The summed E-state index contributed by atoms with van der Waals surface area (Å²) in [5.41, 5.74) is 0.240. The topological polar surface area (TPSA) is 82.0 Å². The number of carbonyl (C=O) groups is 1. The average molecular weight is 237 g/mol. The van der Waals surface area contributed by atoms with Crippen LogP contribution in [0.4, 0.5) is 5.69 Å². The fraction of sp³-hybridized carbons (Fsp3) is 0.364. The fourth-order valence-corrected chi connectivity index (χ4v) is 1.37. The first-order chi connectivity index (χ1) is 8.08. The Morgan fingerprint density at radius 3 is 2.53 bits per heavy atom. The van der Waals surface area contributed by atoms with Gasteiger partial charge >= 0.3 is 5.97 Å². The molecule has 0 aliphatic carbocycles. The highest BCUT2D eigenvalue weighted by atomic mass is 16.6. The number of hydrogen-bond donors (Lipinski definition) is 0. The highest BCUT2D eigenvalue weighted by Crippen LogP contribution is 2.21. The van der Waals surface area contributed by atoms with E-state index in [1.54, 1.807) is 0 Å². The number of nitro benzene ring substituents is 1. The Balaban J connectivity index is 1.92. The van der Waals surface area contributed by atoms with Crippen LogP contribution < -0.4 is 0 Å². The van der Waals surface area contributed by atoms with Gasteiger partial charge in [-0.25, -0.2) is 4.79 Å². The van der Waals surface area contributed by atoms with E-state index in [0.717, 1.165) is 0 Å². The van der Waals surface area contributed by atoms with Gasteiger partial charge in [-0.3, -0.25) is 10.1 Å². The molecule has 0 N–H and O–H groups in total. The van der Waals surface area contributed by atoms with E-state index in [0.29, 0.717) is 5.56 Å². The maximum Gasteiger partial charge on any atom is 0.338 e. The van der Waals surface area contributed by atoms with Crippen LogP contribution >= 0.6 is 0 Å². The first-order valence-electron chi connectivity index (χ1n) is 5.15. The Hall–Kier alpha value is -1.95. The number of nitrogens with zero attached hydrogens (tertiary/aromatic N) is 1. The van der Waals surface area contributed by atoms with Gasteiger partial charge in [0.2, 0.25) is 0 Å². The van der Waals surface area contributed by atoms with Crippen molar-refractivity contribution >= 4 is 11.7 Å². The van der Waals surface area contributed by atoms with Crippen LogP contribution in [0.3, 0.4) is 0 Å². The third-order valence-electron chi connectivity index (χ3n) is 2.53. The highest BCUT2D eigenvalue weighted by molar-refractivity contribution is 5.89. The van der Waals surface area contributed by atoms with Crippen molar-refractivity contribution in [2.45, 2.75) is 19.1 Å². The lowest BCUT2D eigenvalue weighted by molar-refractivity contribution is -0.384. The summed E-state index contributed by atoms with van der Waals surface area (Å²) in [7, 11) is 0. The monoisotopic (exact) mass is 237 g/mol. The van der Waals surface area contributed by atoms with Gasteiger partial charge in [-0.05, 0) is 19.1 Å². The molecule has 1 saturated heterocycles. The molecule has 0 amide bonds. The van der Waals surface area contributed by atoms with Crippen LogP contribution in [0.1, 0.15) is 17.3 Å². The number of carbonyl (C=O) groups excluding carboxylic acids is 1. The molecule has 0 aromatic heterocycles. The number of nitro groups is 1. The molecule has 6 heteroatoms. The van der Waals surface area contributed by atoms with Crippen LogP contribution in [-0.4, -0.2) is 29.7 Å². The Bertz CT molecular complexity index is 442. The van der Waals surface area contributed by atoms with Crippen molar-refractivity contribution in [3.63, 3.8) is 0 Å². The van der Waals surface area contributed by atoms with Gasteiger partial charge in [-0.2, -0.15) is 0 Å². The summed E-state index contributed by atoms with van der Waals surface area (Å²) in [6.45, 7) is 2.11. The molecular weight excluding hydrogens is 226 g/mol. The van der Waals surface area contributed by atoms with Gasteiger partial charge < -0.3 is 9.47 Å². The van der Waals surface area contributed by atoms with E-state index in [1.165, 1.54) is 24.3 Å². The molecule has 1 aliphatic rings. The molecular formula is C11H11NO5. The van der Waals surface area contributed by atoms with Crippen molar-refractivity contribution < 1.29 is 19.2 Å². The second-order valence-corrected chi connectivity index (χ2v) is 3.78. The van der Waals surface area contributed by atoms with Crippen molar-refractivity contribution in [3.8, 4) is 0 Å². The third-order valence-corrected chi connectivity index (χ3v) is 2.53. The van der Waals surface area contributed by atoms with Crippen LogP contribution in [0.5, 0.6) is 0 Å². The van der Waals surface area contributed by atoms with Gasteiger partial charge in [0, 0.05) is 12.1 Å². The molecule has 1 aromatic rings. The first-order valence-corrected chi connectivity index (χ1v) is 5.15. The number of hydrogen-bond acceptors (Lipinski definition) is 5. The van der Waals surface area contributed by atoms with Gasteiger partial charge in [-0.15, -0.1) is 0 Å². The number of epoxide rings is 1. The molecule has 0 bridgehead atoms. The minimum atomic E-state index is -0.519. The number of benzene rings is 1. The molecule has 1 heterocycles. The van der Waals surface area contributed by atoms with E-state index in [9.17, 15) is 14.9 Å². The van der Waals surface area contributed by atoms with Gasteiger partial charge in [0.05, 0.1) is 16.6 Å². The molecule has 17 heavy (non-hydrogen) atoms. The van der Waals surface area contributed by atoms with Crippen molar-refractivity contribution in [2.24, 2.45) is 0 Å². The standard InChI is InChI=1S/C11H11NO5/c1-7-10(17-7)6-16-11(13)8-2-4-9(5-3-8)12(14)15/h2-5,7,10H,6H2,1H3/t7?,10-/m1/s1. The zero-order valence-corrected chi connectivity index (χ0v) is 9.16. The van der Waals surface area contributed by atoms with Crippen molar-refractivity contribution in [3.05, 3.63) is 39.9 Å². The van der Waals surface area contributed by atoms with Crippen molar-refractivity contribution in [2.75, 3.05) is 6.61 Å². The maximum atomic E-state index is 11.5. The predicted molar refractivity (Wildman–Crippen MR) is 57.7 cm³/mol. The smallest absolute Gasteiger partial charge is 0.338 e. The van der Waals surface area contributed by atoms with Gasteiger partial charge in [0.1, 0.15) is 12.7 Å². The minimum Gasteiger partial charge on any atom is -0.459 e. The molecule has 6 nitrogen and oxygen atoms in total. The molecule has 0 saturated carbocycles. The SMILES string of the molecule is CC1O[C@@H]1COC(=O)c1ccc([N+](=O)[O-])cc1. The summed E-state index contributed by atoms with van der Waals surface area (Å²) < 4.78 is 10.1. The summed E-state index contributed by atoms with van der Waals surface area (Å²) in [5, 5.41) is 10.4. The van der Waals surface area contributed by atoms with E-state index in [4.69, 9.17) is 9.47 Å². The Morgan fingerprint density at radius 1 is 1.47 bits per heavy atom. The molecule has 2 atom stereocenters. The normalized spacial score (nSPS) is 21.9. The Labute approximate surface area is 97.3 Å². The summed E-state index contributed by atoms with van der Waals surface area (Å²) in [6.07, 6.45) is 0.122. The van der Waals surface area contributed by atoms with E-state index in [2.05, 4.69) is 0 Å². The van der Waals surface area contributed by atoms with Gasteiger partial charge in [0.15, 0.2) is 0 Å². The minimum absolute atomic E-state index is 0.0167. The van der Waals surface area contributed by atoms with Crippen LogP contribution in [0.25, 0.3) is 0 Å². The second kappa shape index (κ2) is 4.50. The summed E-state index contributed by atoms with van der Waals surface area (Å²) >= 11 is 0. The Kier molecular flexibility index (Phi) is 3.06. The molecule has 1 aromatic carbocycles. The van der Waals surface area contributed by atoms with E-state index >= 15 is 0 Å². The summed E-state index contributed by atoms with van der Waals surface area (Å²) in [5.74, 6) is -0.498. The first kappa shape index (κ1) is 11.5. The van der Waals surface area contributed by atoms with Crippen LogP contribution in [0, 0.1) is 10.1 Å². The van der Waals surface area contributed by atoms with Crippen molar-refractivity contribution in [1.82, 2.24) is 0 Å². The lowest BCUT2D eigenvalue weighted by atomic mass is 10.2. The lowest BCUT2D eigenvalue weighted by Crippen LogP contribution is -2.11. The molecule has 1 aliphatic heterocycles. The Morgan fingerprint density at radius 2 is 2.06 bits per heavy atom. The summed E-state index contributed by atoms with van der Waals surface area (Å²) in [4.78, 5) is 21.4. The predicted octanol–water partition coefficient (Wildman–Crippen LogP) is 1.54. The summed E-state index contributed by atoms with van der Waals surface area (Å²) in [6, 6.07) is 5.29. The molecule has 0 radical (unpaired) electrons. The number of rotatable bonds is 4. The van der Waals surface area contributed by atoms with E-state index in [1.807, 2.05) is 6.92 Å². The zero-order valence-electron chi connectivity index (χ0n) is 9.16. The molecule has 90 valence electrons. The molecule has 1 unspecified atom stereocenters. The number of ether oxygens (including phenoxy) is 2. The van der Waals surface area contributed by atoms with Gasteiger partial charge in [0.25, 0.3) is 5.69 Å². The average Bonchev–Trinajstić information content (AvgIpc) is 3.02. The molecule has 0 spiro atoms. The second-order valence-electron chi connectivity index (χ2n) is 3.78. The van der Waals surface area contributed by atoms with E-state index in [-0.39, 0.29) is 24.5 Å². The molecule has 1 fully saturated rings. The van der Waals surface area contributed by atoms with Crippen LogP contribution in [0.15, 0.2) is 24.3 Å².